The van der Waals surface area contributed by atoms with Crippen LogP contribution in [0.15, 0.2) is 102 Å². The molecule has 1 aliphatic heterocycles. The van der Waals surface area contributed by atoms with Crippen molar-refractivity contribution in [2.24, 2.45) is 10.9 Å². The molecule has 1 N–H and O–H groups in total. The van der Waals surface area contributed by atoms with Gasteiger partial charge in [0.05, 0.1) is 27.3 Å². The molecule has 0 spiro atoms. The van der Waals surface area contributed by atoms with E-state index in [9.17, 15) is 10.1 Å². The van der Waals surface area contributed by atoms with Crippen LogP contribution in [0, 0.1) is 19.6 Å². The second kappa shape index (κ2) is 11.7. The van der Waals surface area contributed by atoms with Crippen LogP contribution in [-0.2, 0) is 6.61 Å². The van der Waals surface area contributed by atoms with E-state index in [1.165, 1.54) is 28.9 Å². The summed E-state index contributed by atoms with van der Waals surface area (Å²) in [6.07, 6.45) is 7.57. The molecule has 7 nitrogen and oxygen atoms in total. The van der Waals surface area contributed by atoms with E-state index < -0.39 is 4.92 Å². The summed E-state index contributed by atoms with van der Waals surface area (Å²) in [4.78, 5) is 15.2. The topological polar surface area (TPSA) is 86.0 Å². The minimum Gasteiger partial charge on any atom is -0.493 e. The summed E-state index contributed by atoms with van der Waals surface area (Å²) in [5.41, 5.74) is 6.52. The molecule has 8 heteroatoms. The van der Waals surface area contributed by atoms with Crippen molar-refractivity contribution in [3.63, 3.8) is 0 Å². The van der Waals surface area contributed by atoms with E-state index in [0.29, 0.717) is 23.3 Å². The Morgan fingerprint density at radius 2 is 1.85 bits per heavy atom. The number of hydrogen-bond acceptors (Lipinski definition) is 6. The number of halogens is 1. The van der Waals surface area contributed by atoms with Crippen LogP contribution in [0.1, 0.15) is 40.6 Å². The number of benzene rings is 4. The molecular weight excluding hydrogens is 629 g/mol. The SMILES string of the molecule is COc1cc(C=Nc2ccc([C@@H]3Nc4ccccc4[C@H]4C=CC[C@H]43)cc2)cc(I)c1OCc1ccc([N+](=O)[O-])cc1. The number of para-hydroxylation sites is 1. The number of allylic oxidation sites excluding steroid dienone is 2. The Kier molecular flexibility index (Phi) is 7.74. The van der Waals surface area contributed by atoms with E-state index in [-0.39, 0.29) is 18.3 Å². The fourth-order valence-electron chi connectivity index (χ4n) is 5.61. The summed E-state index contributed by atoms with van der Waals surface area (Å²) in [6.45, 7) is 0.267. The average Bonchev–Trinajstić information content (AvgIpc) is 3.50. The molecule has 4 aromatic carbocycles. The third kappa shape index (κ3) is 5.69. The molecule has 0 aromatic heterocycles. The number of hydrogen-bond donors (Lipinski definition) is 1. The lowest BCUT2D eigenvalue weighted by Crippen LogP contribution is -2.28. The number of nitro groups is 1. The largest absolute Gasteiger partial charge is 0.493 e. The molecule has 206 valence electrons. The first kappa shape index (κ1) is 27.0. The summed E-state index contributed by atoms with van der Waals surface area (Å²) in [6, 6.07) is 27.6. The Bertz CT molecular complexity index is 1630. The molecule has 0 saturated carbocycles. The highest BCUT2D eigenvalue weighted by Crippen LogP contribution is 2.49. The summed E-state index contributed by atoms with van der Waals surface area (Å²) in [5.74, 6) is 2.18. The predicted octanol–water partition coefficient (Wildman–Crippen LogP) is 8.36. The number of aliphatic imine (C=N–C) groups is 1. The Hall–Kier alpha value is -4.18. The smallest absolute Gasteiger partial charge is 0.269 e. The molecule has 0 unspecified atom stereocenters. The van der Waals surface area contributed by atoms with Crippen LogP contribution < -0.4 is 14.8 Å². The third-order valence-corrected chi connectivity index (χ3v) is 8.47. The number of fused-ring (bicyclic) bond motifs is 3. The zero-order valence-corrected chi connectivity index (χ0v) is 24.5. The van der Waals surface area contributed by atoms with Crippen LogP contribution in [-0.4, -0.2) is 18.2 Å². The van der Waals surface area contributed by atoms with E-state index in [0.717, 1.165) is 26.8 Å². The minimum absolute atomic E-state index is 0.0513. The van der Waals surface area contributed by atoms with Gasteiger partial charge in [-0.3, -0.25) is 15.1 Å². The standard InChI is InChI=1S/C33H28IN3O4/c1-40-31-18-22(17-29(34)33(31)41-20-21-9-15-25(16-10-21)37(38)39)19-35-24-13-11-23(12-14-24)32-28-7-4-6-26(28)27-5-2-3-8-30(27)36-32/h2-6,8-19,26,28,32,36H,7,20H2,1H3/t26-,28-,32+/m1/s1. The molecule has 0 saturated heterocycles. The Morgan fingerprint density at radius 1 is 1.07 bits per heavy atom. The Labute approximate surface area is 252 Å². The lowest BCUT2D eigenvalue weighted by molar-refractivity contribution is -0.384. The lowest BCUT2D eigenvalue weighted by Gasteiger charge is -2.37. The fraction of sp³-hybridized carbons (Fsp3) is 0.182. The van der Waals surface area contributed by atoms with Crippen molar-refractivity contribution in [1.29, 1.82) is 0 Å². The summed E-state index contributed by atoms with van der Waals surface area (Å²) >= 11 is 2.22. The van der Waals surface area contributed by atoms with Crippen molar-refractivity contribution in [3.05, 3.63) is 133 Å². The Morgan fingerprint density at radius 3 is 2.61 bits per heavy atom. The maximum absolute atomic E-state index is 10.9. The first-order chi connectivity index (χ1) is 20.0. The van der Waals surface area contributed by atoms with E-state index in [1.807, 2.05) is 18.3 Å². The van der Waals surface area contributed by atoms with Gasteiger partial charge in [-0.15, -0.1) is 0 Å². The molecule has 4 aromatic rings. The van der Waals surface area contributed by atoms with Gasteiger partial charge in [0, 0.05) is 30.0 Å². The van der Waals surface area contributed by atoms with Gasteiger partial charge in [-0.2, -0.15) is 0 Å². The first-order valence-corrected chi connectivity index (χ1v) is 14.5. The fourth-order valence-corrected chi connectivity index (χ4v) is 6.40. The third-order valence-electron chi connectivity index (χ3n) is 7.67. The molecule has 1 heterocycles. The molecule has 1 aliphatic carbocycles. The quantitative estimate of drug-likeness (QED) is 0.0677. The molecular formula is C33H28IN3O4. The van der Waals surface area contributed by atoms with Crippen molar-refractivity contribution in [2.75, 3.05) is 12.4 Å². The van der Waals surface area contributed by atoms with Crippen LogP contribution in [0.4, 0.5) is 17.1 Å². The summed E-state index contributed by atoms with van der Waals surface area (Å²) in [5, 5.41) is 14.7. The normalized spacial score (nSPS) is 18.9. The van der Waals surface area contributed by atoms with Gasteiger partial charge in [-0.25, -0.2) is 0 Å². The lowest BCUT2D eigenvalue weighted by atomic mass is 9.77. The molecule has 0 bridgehead atoms. The summed E-state index contributed by atoms with van der Waals surface area (Å²) in [7, 11) is 1.60. The van der Waals surface area contributed by atoms with E-state index in [1.54, 1.807) is 19.2 Å². The van der Waals surface area contributed by atoms with Gasteiger partial charge in [0.1, 0.15) is 6.61 Å². The van der Waals surface area contributed by atoms with E-state index in [4.69, 9.17) is 14.5 Å². The van der Waals surface area contributed by atoms with Crippen LogP contribution in [0.2, 0.25) is 0 Å². The van der Waals surface area contributed by atoms with Gasteiger partial charge in [0.15, 0.2) is 11.5 Å². The number of ether oxygens (including phenoxy) is 2. The number of nitro benzene ring substituents is 1. The van der Waals surface area contributed by atoms with Crippen molar-refractivity contribution < 1.29 is 14.4 Å². The number of rotatable bonds is 8. The average molecular weight is 658 g/mol. The van der Waals surface area contributed by atoms with Crippen molar-refractivity contribution in [2.45, 2.75) is 25.0 Å². The molecule has 3 atom stereocenters. The molecule has 0 radical (unpaired) electrons. The number of methoxy groups -OCH3 is 1. The van der Waals surface area contributed by atoms with Gasteiger partial charge in [-0.1, -0.05) is 42.5 Å². The zero-order chi connectivity index (χ0) is 28.3. The number of nitrogens with zero attached hydrogens (tertiary/aromatic N) is 2. The molecule has 0 amide bonds. The minimum atomic E-state index is -0.416. The van der Waals surface area contributed by atoms with Crippen LogP contribution in [0.3, 0.4) is 0 Å². The number of nitrogens with one attached hydrogen (secondary N) is 1. The number of non-ortho nitro benzene ring substituents is 1. The molecule has 6 rings (SSSR count). The highest BCUT2D eigenvalue weighted by Gasteiger charge is 2.37. The first-order valence-electron chi connectivity index (χ1n) is 13.4. The maximum atomic E-state index is 10.9. The van der Waals surface area contributed by atoms with Crippen molar-refractivity contribution >= 4 is 45.9 Å². The van der Waals surface area contributed by atoms with Crippen LogP contribution in [0.5, 0.6) is 11.5 Å². The van der Waals surface area contributed by atoms with Gasteiger partial charge >= 0.3 is 0 Å². The highest BCUT2D eigenvalue weighted by atomic mass is 127. The summed E-state index contributed by atoms with van der Waals surface area (Å²) < 4.78 is 12.5. The van der Waals surface area contributed by atoms with E-state index in [2.05, 4.69) is 88.6 Å². The van der Waals surface area contributed by atoms with Crippen LogP contribution >= 0.6 is 22.6 Å². The van der Waals surface area contributed by atoms with Gasteiger partial charge < -0.3 is 14.8 Å². The monoisotopic (exact) mass is 657 g/mol. The molecule has 0 fully saturated rings. The molecule has 41 heavy (non-hydrogen) atoms. The van der Waals surface area contributed by atoms with Gasteiger partial charge in [0.2, 0.25) is 0 Å². The van der Waals surface area contributed by atoms with Gasteiger partial charge in [0.25, 0.3) is 5.69 Å². The van der Waals surface area contributed by atoms with Crippen molar-refractivity contribution in [3.8, 4) is 11.5 Å². The van der Waals surface area contributed by atoms with E-state index >= 15 is 0 Å². The second-order valence-corrected chi connectivity index (χ2v) is 11.3. The highest BCUT2D eigenvalue weighted by molar-refractivity contribution is 14.1. The Balaban J connectivity index is 1.15. The molecule has 2 aliphatic rings. The van der Waals surface area contributed by atoms with Crippen molar-refractivity contribution in [1.82, 2.24) is 0 Å². The predicted molar refractivity (Wildman–Crippen MR) is 170 cm³/mol. The van der Waals surface area contributed by atoms with Crippen LogP contribution in [0.25, 0.3) is 0 Å². The maximum Gasteiger partial charge on any atom is 0.269 e. The second-order valence-electron chi connectivity index (χ2n) is 10.2. The zero-order valence-electron chi connectivity index (χ0n) is 22.4. The number of anilines is 1. The van der Waals surface area contributed by atoms with Gasteiger partial charge in [-0.05, 0) is 99.6 Å².